The zero-order chi connectivity index (χ0) is 14.8. The minimum atomic E-state index is -3.62. The van der Waals surface area contributed by atoms with Gasteiger partial charge < -0.3 is 5.73 Å². The van der Waals surface area contributed by atoms with E-state index in [1.54, 1.807) is 37.5 Å². The Hall–Kier alpha value is -1.60. The predicted octanol–water partition coefficient (Wildman–Crippen LogP) is 2.64. The summed E-state index contributed by atoms with van der Waals surface area (Å²) >= 11 is 3.25. The van der Waals surface area contributed by atoms with Crippen molar-refractivity contribution in [1.82, 2.24) is 4.98 Å². The predicted molar refractivity (Wildman–Crippen MR) is 83.0 cm³/mol. The number of anilines is 2. The van der Waals surface area contributed by atoms with Gasteiger partial charge in [0.05, 0.1) is 10.6 Å². The molecule has 7 heteroatoms. The van der Waals surface area contributed by atoms with Gasteiger partial charge in [-0.1, -0.05) is 0 Å². The molecule has 0 radical (unpaired) electrons. The second kappa shape index (κ2) is 5.80. The summed E-state index contributed by atoms with van der Waals surface area (Å²) in [6.07, 6.45) is 3.12. The molecule has 2 rings (SSSR count). The molecule has 0 bridgehead atoms. The summed E-state index contributed by atoms with van der Waals surface area (Å²) in [5.74, 6) is 0. The van der Waals surface area contributed by atoms with Crippen LogP contribution in [-0.2, 0) is 10.0 Å². The minimum absolute atomic E-state index is 0.192. The molecule has 0 fully saturated rings. The van der Waals surface area contributed by atoms with Crippen LogP contribution >= 0.6 is 15.9 Å². The Bertz CT molecular complexity index is 705. The molecule has 1 heterocycles. The van der Waals surface area contributed by atoms with Crippen molar-refractivity contribution in [2.24, 2.45) is 0 Å². The largest absolute Gasteiger partial charge is 0.398 e. The van der Waals surface area contributed by atoms with E-state index in [0.29, 0.717) is 22.4 Å². The summed E-state index contributed by atoms with van der Waals surface area (Å²) in [5.41, 5.74) is 6.76. The van der Waals surface area contributed by atoms with Crippen LogP contribution in [0.4, 0.5) is 11.4 Å². The summed E-state index contributed by atoms with van der Waals surface area (Å²) in [5, 5.41) is 0. The van der Waals surface area contributed by atoms with Gasteiger partial charge in [-0.15, -0.1) is 0 Å². The van der Waals surface area contributed by atoms with E-state index in [4.69, 9.17) is 5.73 Å². The Morgan fingerprint density at radius 3 is 2.45 bits per heavy atom. The average Bonchev–Trinajstić information content (AvgIpc) is 2.43. The maximum atomic E-state index is 12.7. The maximum Gasteiger partial charge on any atom is 0.264 e. The summed E-state index contributed by atoms with van der Waals surface area (Å²) in [6, 6.07) is 7.89. The van der Waals surface area contributed by atoms with Crippen LogP contribution in [-0.4, -0.2) is 19.9 Å². The van der Waals surface area contributed by atoms with E-state index in [1.807, 2.05) is 0 Å². The number of nitrogens with zero attached hydrogens (tertiary/aromatic N) is 2. The fourth-order valence-corrected chi connectivity index (χ4v) is 3.83. The third kappa shape index (κ3) is 2.78. The van der Waals surface area contributed by atoms with Crippen LogP contribution in [0.15, 0.2) is 52.1 Å². The van der Waals surface area contributed by atoms with E-state index in [9.17, 15) is 8.42 Å². The third-order valence-corrected chi connectivity index (χ3v) is 5.38. The van der Waals surface area contributed by atoms with Crippen LogP contribution < -0.4 is 10.0 Å². The third-order valence-electron chi connectivity index (χ3n) is 2.80. The zero-order valence-corrected chi connectivity index (χ0v) is 13.2. The summed E-state index contributed by atoms with van der Waals surface area (Å²) in [4.78, 5) is 4.09. The van der Waals surface area contributed by atoms with E-state index >= 15 is 0 Å². The van der Waals surface area contributed by atoms with Gasteiger partial charge in [-0.25, -0.2) is 8.42 Å². The highest BCUT2D eigenvalue weighted by Gasteiger charge is 2.23. The standard InChI is InChI=1S/C13H14BrN3O2S/c1-2-17(10-5-7-16-8-6-10)20(18,19)11-3-4-13(15)12(14)9-11/h3-9H,2,15H2,1H3. The molecule has 1 aromatic carbocycles. The second-order valence-corrected chi connectivity index (χ2v) is 6.78. The molecule has 0 unspecified atom stereocenters. The molecular weight excluding hydrogens is 342 g/mol. The van der Waals surface area contributed by atoms with Crippen molar-refractivity contribution in [2.45, 2.75) is 11.8 Å². The number of nitrogens with two attached hydrogens (primary N) is 1. The molecule has 20 heavy (non-hydrogen) atoms. The first kappa shape index (κ1) is 14.8. The quantitative estimate of drug-likeness (QED) is 0.855. The van der Waals surface area contributed by atoms with E-state index in [0.717, 1.165) is 0 Å². The van der Waals surface area contributed by atoms with Gasteiger partial charge in [-0.2, -0.15) is 0 Å². The lowest BCUT2D eigenvalue weighted by Crippen LogP contribution is -2.30. The van der Waals surface area contributed by atoms with Gasteiger partial charge in [-0.05, 0) is 53.2 Å². The molecule has 2 N–H and O–H groups in total. The molecule has 0 aliphatic rings. The molecule has 0 atom stereocenters. The van der Waals surface area contributed by atoms with Crippen molar-refractivity contribution in [1.29, 1.82) is 0 Å². The molecule has 106 valence electrons. The molecular formula is C13H14BrN3O2S. The van der Waals surface area contributed by atoms with Gasteiger partial charge in [0.25, 0.3) is 10.0 Å². The molecule has 0 aliphatic carbocycles. The molecule has 2 aromatic rings. The van der Waals surface area contributed by atoms with Gasteiger partial charge in [-0.3, -0.25) is 9.29 Å². The van der Waals surface area contributed by atoms with E-state index in [1.165, 1.54) is 16.4 Å². The van der Waals surface area contributed by atoms with Gasteiger partial charge in [0.1, 0.15) is 0 Å². The fraction of sp³-hybridized carbons (Fsp3) is 0.154. The van der Waals surface area contributed by atoms with Crippen molar-refractivity contribution < 1.29 is 8.42 Å². The molecule has 0 amide bonds. The maximum absolute atomic E-state index is 12.7. The first-order valence-corrected chi connectivity index (χ1v) is 8.18. The highest BCUT2D eigenvalue weighted by Crippen LogP contribution is 2.27. The first-order valence-electron chi connectivity index (χ1n) is 5.94. The van der Waals surface area contributed by atoms with Crippen LogP contribution in [0, 0.1) is 0 Å². The van der Waals surface area contributed by atoms with E-state index in [-0.39, 0.29) is 4.90 Å². The number of aromatic nitrogens is 1. The van der Waals surface area contributed by atoms with Crippen LogP contribution in [0.5, 0.6) is 0 Å². The van der Waals surface area contributed by atoms with Crippen LogP contribution in [0.25, 0.3) is 0 Å². The topological polar surface area (TPSA) is 76.3 Å². The van der Waals surface area contributed by atoms with Crippen LogP contribution in [0.2, 0.25) is 0 Å². The number of sulfonamides is 1. The first-order chi connectivity index (χ1) is 9.46. The lowest BCUT2D eigenvalue weighted by atomic mass is 10.3. The van der Waals surface area contributed by atoms with Crippen LogP contribution in [0.3, 0.4) is 0 Å². The number of halogens is 1. The number of pyridine rings is 1. The summed E-state index contributed by atoms with van der Waals surface area (Å²) in [7, 11) is -3.62. The Balaban J connectivity index is 2.50. The molecule has 5 nitrogen and oxygen atoms in total. The highest BCUT2D eigenvalue weighted by atomic mass is 79.9. The molecule has 0 spiro atoms. The van der Waals surface area contributed by atoms with E-state index in [2.05, 4.69) is 20.9 Å². The Kier molecular flexibility index (Phi) is 4.29. The second-order valence-electron chi connectivity index (χ2n) is 4.06. The monoisotopic (exact) mass is 355 g/mol. The average molecular weight is 356 g/mol. The Labute approximate surface area is 126 Å². The Morgan fingerprint density at radius 1 is 1.25 bits per heavy atom. The molecule has 0 saturated heterocycles. The fourth-order valence-electron chi connectivity index (χ4n) is 1.80. The molecule has 0 aliphatic heterocycles. The van der Waals surface area contributed by atoms with Gasteiger partial charge in [0.2, 0.25) is 0 Å². The van der Waals surface area contributed by atoms with Crippen molar-refractivity contribution in [3.8, 4) is 0 Å². The summed E-state index contributed by atoms with van der Waals surface area (Å²) in [6.45, 7) is 2.11. The number of hydrogen-bond donors (Lipinski definition) is 1. The lowest BCUT2D eigenvalue weighted by molar-refractivity contribution is 0.592. The van der Waals surface area contributed by atoms with E-state index < -0.39 is 10.0 Å². The van der Waals surface area contributed by atoms with Crippen LogP contribution in [0.1, 0.15) is 6.92 Å². The number of benzene rings is 1. The SMILES string of the molecule is CCN(c1ccncc1)S(=O)(=O)c1ccc(N)c(Br)c1. The van der Waals surface area contributed by atoms with Crippen molar-refractivity contribution in [2.75, 3.05) is 16.6 Å². The smallest absolute Gasteiger partial charge is 0.264 e. The number of nitrogen functional groups attached to an aromatic ring is 1. The van der Waals surface area contributed by atoms with Crippen molar-refractivity contribution in [3.63, 3.8) is 0 Å². The Morgan fingerprint density at radius 2 is 1.90 bits per heavy atom. The molecule has 1 aromatic heterocycles. The summed E-state index contributed by atoms with van der Waals surface area (Å²) < 4.78 is 27.2. The van der Waals surface area contributed by atoms with Gasteiger partial charge in [0, 0.05) is 29.1 Å². The van der Waals surface area contributed by atoms with Gasteiger partial charge in [0.15, 0.2) is 0 Å². The normalized spacial score (nSPS) is 11.3. The minimum Gasteiger partial charge on any atom is -0.398 e. The number of rotatable bonds is 4. The number of hydrogen-bond acceptors (Lipinski definition) is 4. The molecule has 0 saturated carbocycles. The highest BCUT2D eigenvalue weighted by molar-refractivity contribution is 9.10. The van der Waals surface area contributed by atoms with Crippen molar-refractivity contribution in [3.05, 3.63) is 47.2 Å². The zero-order valence-electron chi connectivity index (χ0n) is 10.8. The lowest BCUT2D eigenvalue weighted by Gasteiger charge is -2.22. The van der Waals surface area contributed by atoms with Gasteiger partial charge >= 0.3 is 0 Å². The van der Waals surface area contributed by atoms with Crippen molar-refractivity contribution >= 4 is 37.3 Å².